The van der Waals surface area contributed by atoms with Crippen molar-refractivity contribution in [2.45, 2.75) is 88.5 Å². The number of ketones is 1. The van der Waals surface area contributed by atoms with Crippen LogP contribution in [0.3, 0.4) is 0 Å². The Bertz CT molecular complexity index is 1020. The smallest absolute Gasteiger partial charge is 0.310 e. The van der Waals surface area contributed by atoms with E-state index in [0.717, 1.165) is 19.3 Å². The highest BCUT2D eigenvalue weighted by molar-refractivity contribution is 7.92. The number of carboxylic acids is 1. The van der Waals surface area contributed by atoms with E-state index in [0.29, 0.717) is 32.1 Å². The van der Waals surface area contributed by atoms with Crippen LogP contribution < -0.4 is 0 Å². The fourth-order valence-electron chi connectivity index (χ4n) is 6.22. The lowest BCUT2D eigenvalue weighted by molar-refractivity contribution is -0.148. The number of nitrogens with zero attached hydrogens (tertiary/aromatic N) is 1. The Labute approximate surface area is 206 Å². The number of sulfone groups is 1. The van der Waals surface area contributed by atoms with Crippen molar-refractivity contribution >= 4 is 33.5 Å². The number of rotatable bonds is 3. The largest absolute Gasteiger partial charge is 0.481 e. The summed E-state index contributed by atoms with van der Waals surface area (Å²) in [4.78, 5) is 52.4. The standard InChI is InChI=1S/C25H35NO8S/c1-16(27)34-18-12-20-21(28)14-25(24(30)31)13-17(25)8-5-3-2-4-6-9-19(23(29)26(20)15-18)22-10-7-11-35(22,32)33/h5,8,17-20,22H,2-4,6-7,9-15H2,1H3,(H,30,31)/b8-5-/t17-,18-,19-,20+,22?,25-/m1/s1. The van der Waals surface area contributed by atoms with Crippen molar-refractivity contribution in [1.29, 1.82) is 0 Å². The maximum atomic E-state index is 13.9. The number of ether oxygens (including phenoxy) is 1. The number of aliphatic carboxylic acids is 1. The summed E-state index contributed by atoms with van der Waals surface area (Å²) in [6.07, 6.45) is 7.98. The van der Waals surface area contributed by atoms with Crippen LogP contribution in [0.15, 0.2) is 12.2 Å². The van der Waals surface area contributed by atoms with Gasteiger partial charge in [-0.3, -0.25) is 19.2 Å². The monoisotopic (exact) mass is 509 g/mol. The molecule has 1 aliphatic carbocycles. The van der Waals surface area contributed by atoms with Crippen molar-refractivity contribution in [3.63, 3.8) is 0 Å². The molecule has 4 aliphatic rings. The molecule has 1 N–H and O–H groups in total. The van der Waals surface area contributed by atoms with E-state index in [1.807, 2.05) is 12.2 Å². The van der Waals surface area contributed by atoms with E-state index in [1.54, 1.807) is 0 Å². The number of allylic oxidation sites excluding steroid dienone is 2. The van der Waals surface area contributed by atoms with Gasteiger partial charge in [-0.2, -0.15) is 0 Å². The summed E-state index contributed by atoms with van der Waals surface area (Å²) in [7, 11) is -3.41. The van der Waals surface area contributed by atoms with Crippen LogP contribution in [0.1, 0.15) is 71.1 Å². The van der Waals surface area contributed by atoms with Crippen molar-refractivity contribution in [1.82, 2.24) is 4.90 Å². The van der Waals surface area contributed by atoms with Crippen LogP contribution in [0.4, 0.5) is 0 Å². The van der Waals surface area contributed by atoms with Crippen LogP contribution in [0, 0.1) is 17.3 Å². The first-order valence-electron chi connectivity index (χ1n) is 12.7. The number of hydrogen-bond acceptors (Lipinski definition) is 7. The van der Waals surface area contributed by atoms with E-state index in [4.69, 9.17) is 4.74 Å². The molecule has 0 radical (unpaired) electrons. The van der Waals surface area contributed by atoms with Crippen LogP contribution in [0.5, 0.6) is 0 Å². The molecule has 3 aliphatic heterocycles. The molecule has 1 amide bonds. The van der Waals surface area contributed by atoms with Crippen molar-refractivity contribution in [3.05, 3.63) is 12.2 Å². The number of amides is 1. The molecule has 0 bridgehead atoms. The predicted molar refractivity (Wildman–Crippen MR) is 126 cm³/mol. The van der Waals surface area contributed by atoms with Gasteiger partial charge in [0.15, 0.2) is 15.6 Å². The van der Waals surface area contributed by atoms with Gasteiger partial charge < -0.3 is 14.7 Å². The zero-order valence-corrected chi connectivity index (χ0v) is 21.0. The number of fused-ring (bicyclic) bond motifs is 2. The Morgan fingerprint density at radius 1 is 1.14 bits per heavy atom. The highest BCUT2D eigenvalue weighted by Gasteiger charge is 2.61. The molecular formula is C25H35NO8S. The normalized spacial score (nSPS) is 38.5. The first-order valence-corrected chi connectivity index (χ1v) is 14.4. The fourth-order valence-corrected chi connectivity index (χ4v) is 8.37. The summed E-state index contributed by atoms with van der Waals surface area (Å²) < 4.78 is 30.9. The molecule has 194 valence electrons. The molecule has 3 heterocycles. The number of carbonyl (C=O) groups excluding carboxylic acids is 3. The van der Waals surface area contributed by atoms with Gasteiger partial charge in [0.05, 0.1) is 34.9 Å². The molecule has 0 spiro atoms. The highest BCUT2D eigenvalue weighted by atomic mass is 32.2. The van der Waals surface area contributed by atoms with Crippen molar-refractivity contribution < 1.29 is 37.4 Å². The molecule has 1 saturated carbocycles. The van der Waals surface area contributed by atoms with E-state index in [9.17, 15) is 32.7 Å². The lowest BCUT2D eigenvalue weighted by atomic mass is 9.90. The Hall–Kier alpha value is -2.23. The maximum absolute atomic E-state index is 13.9. The quantitative estimate of drug-likeness (QED) is 0.452. The average molecular weight is 510 g/mol. The molecule has 0 aromatic carbocycles. The summed E-state index contributed by atoms with van der Waals surface area (Å²) in [5.41, 5.74) is -1.17. The maximum Gasteiger partial charge on any atom is 0.310 e. The number of hydrogen-bond donors (Lipinski definition) is 1. The number of carbonyl (C=O) groups is 4. The van der Waals surface area contributed by atoms with Crippen LogP contribution in [0.25, 0.3) is 0 Å². The number of esters is 1. The molecule has 0 aromatic rings. The summed E-state index contributed by atoms with van der Waals surface area (Å²) in [5, 5.41) is 9.14. The molecule has 6 atom stereocenters. The molecule has 9 nitrogen and oxygen atoms in total. The van der Waals surface area contributed by atoms with E-state index >= 15 is 0 Å². The molecular weight excluding hydrogens is 474 g/mol. The third-order valence-electron chi connectivity index (χ3n) is 8.20. The first kappa shape index (κ1) is 25.9. The average Bonchev–Trinajstić information content (AvgIpc) is 3.12. The van der Waals surface area contributed by atoms with Gasteiger partial charge in [-0.1, -0.05) is 25.0 Å². The third kappa shape index (κ3) is 5.32. The fraction of sp³-hybridized carbons (Fsp3) is 0.760. The van der Waals surface area contributed by atoms with Gasteiger partial charge in [0.1, 0.15) is 6.10 Å². The molecule has 35 heavy (non-hydrogen) atoms. The van der Waals surface area contributed by atoms with Gasteiger partial charge in [-0.25, -0.2) is 8.42 Å². The van der Waals surface area contributed by atoms with Crippen molar-refractivity contribution in [2.24, 2.45) is 17.3 Å². The Morgan fingerprint density at radius 3 is 2.57 bits per heavy atom. The second-order valence-corrected chi connectivity index (χ2v) is 12.9. The van der Waals surface area contributed by atoms with Crippen LogP contribution >= 0.6 is 0 Å². The van der Waals surface area contributed by atoms with E-state index in [1.165, 1.54) is 11.8 Å². The SMILES string of the molecule is CC(=O)O[C@@H]1C[C@H]2C(=O)C[C@]3(C(=O)O)C[C@H]3/C=C\CCCCC[C@H](C3CCCS3(=O)=O)C(=O)N2C1. The van der Waals surface area contributed by atoms with E-state index in [2.05, 4.69) is 0 Å². The predicted octanol–water partition coefficient (Wildman–Crippen LogP) is 2.28. The lowest BCUT2D eigenvalue weighted by Crippen LogP contribution is -2.48. The molecule has 10 heteroatoms. The van der Waals surface area contributed by atoms with E-state index < -0.39 is 56.4 Å². The van der Waals surface area contributed by atoms with Gasteiger partial charge in [-0.15, -0.1) is 0 Å². The third-order valence-corrected chi connectivity index (χ3v) is 10.5. The summed E-state index contributed by atoms with van der Waals surface area (Å²) in [6.45, 7) is 1.27. The Balaban J connectivity index is 1.66. The Kier molecular flexibility index (Phi) is 7.41. The van der Waals surface area contributed by atoms with Gasteiger partial charge in [-0.05, 0) is 44.4 Å². The zero-order valence-electron chi connectivity index (χ0n) is 20.2. The zero-order chi connectivity index (χ0) is 25.4. The van der Waals surface area contributed by atoms with Crippen LogP contribution in [-0.4, -0.2) is 71.7 Å². The first-order chi connectivity index (χ1) is 16.5. The van der Waals surface area contributed by atoms with Crippen molar-refractivity contribution in [3.8, 4) is 0 Å². The molecule has 0 aromatic heterocycles. The Morgan fingerprint density at radius 2 is 1.91 bits per heavy atom. The second kappa shape index (κ2) is 10.0. The molecule has 1 unspecified atom stereocenters. The summed E-state index contributed by atoms with van der Waals surface area (Å²) in [6, 6.07) is -0.926. The minimum atomic E-state index is -3.41. The van der Waals surface area contributed by atoms with Crippen molar-refractivity contribution in [2.75, 3.05) is 12.3 Å². The lowest BCUT2D eigenvalue weighted by Gasteiger charge is -2.31. The van der Waals surface area contributed by atoms with Crippen LogP contribution in [-0.2, 0) is 33.8 Å². The highest BCUT2D eigenvalue weighted by Crippen LogP contribution is 2.57. The number of carboxylic acid groups (broad SMARTS) is 1. The molecule has 2 saturated heterocycles. The second-order valence-electron chi connectivity index (χ2n) is 10.6. The van der Waals surface area contributed by atoms with Gasteiger partial charge >= 0.3 is 11.9 Å². The summed E-state index contributed by atoms with van der Waals surface area (Å²) >= 11 is 0. The van der Waals surface area contributed by atoms with Gasteiger partial charge in [0.25, 0.3) is 0 Å². The number of Topliss-reactive ketones (excluding diaryl/α,β-unsaturated/α-hetero) is 1. The van der Waals surface area contributed by atoms with Crippen LogP contribution in [0.2, 0.25) is 0 Å². The minimum absolute atomic E-state index is 0.0154. The minimum Gasteiger partial charge on any atom is -0.481 e. The topological polar surface area (TPSA) is 135 Å². The van der Waals surface area contributed by atoms with Gasteiger partial charge in [0, 0.05) is 19.8 Å². The van der Waals surface area contributed by atoms with E-state index in [-0.39, 0.29) is 36.8 Å². The molecule has 3 fully saturated rings. The summed E-state index contributed by atoms with van der Waals surface area (Å²) in [5.74, 6) is -3.22. The van der Waals surface area contributed by atoms with Gasteiger partial charge in [0.2, 0.25) is 5.91 Å². The molecule has 4 rings (SSSR count).